The van der Waals surface area contributed by atoms with Crippen molar-refractivity contribution in [1.82, 2.24) is 9.97 Å². The lowest BCUT2D eigenvalue weighted by Gasteiger charge is -2.20. The van der Waals surface area contributed by atoms with Gasteiger partial charge < -0.3 is 0 Å². The zero-order valence-corrected chi connectivity index (χ0v) is 13.1. The molecule has 3 aromatic rings. The number of carbonyl (C=O) groups is 1. The Bertz CT molecular complexity index is 863. The van der Waals surface area contributed by atoms with Gasteiger partial charge in [-0.15, -0.1) is 0 Å². The zero-order chi connectivity index (χ0) is 16.4. The molecular formula is C20H16N3O. The smallest absolute Gasteiger partial charge is 0.228 e. The Labute approximate surface area is 140 Å². The van der Waals surface area contributed by atoms with Crippen molar-refractivity contribution in [3.8, 4) is 22.4 Å². The summed E-state index contributed by atoms with van der Waals surface area (Å²) in [6, 6.07) is 19.9. The fourth-order valence-corrected chi connectivity index (χ4v) is 3.08. The van der Waals surface area contributed by atoms with Gasteiger partial charge in [0.1, 0.15) is 5.82 Å². The number of anilines is 1. The van der Waals surface area contributed by atoms with Gasteiger partial charge in [0.25, 0.3) is 0 Å². The molecule has 117 valence electrons. The molecule has 1 aromatic heterocycles. The molecule has 4 heteroatoms. The summed E-state index contributed by atoms with van der Waals surface area (Å²) in [6.07, 6.45) is 4.17. The van der Waals surface area contributed by atoms with Crippen LogP contribution in [0.2, 0.25) is 0 Å². The largest absolute Gasteiger partial charge is 0.296 e. The molecule has 0 unspecified atom stereocenters. The second kappa shape index (κ2) is 6.24. The van der Waals surface area contributed by atoms with Crippen molar-refractivity contribution in [2.24, 2.45) is 0 Å². The van der Waals surface area contributed by atoms with E-state index < -0.39 is 0 Å². The highest BCUT2D eigenvalue weighted by Crippen LogP contribution is 2.37. The molecule has 24 heavy (non-hydrogen) atoms. The van der Waals surface area contributed by atoms with Crippen molar-refractivity contribution in [2.45, 2.75) is 12.8 Å². The predicted molar refractivity (Wildman–Crippen MR) is 93.3 cm³/mol. The summed E-state index contributed by atoms with van der Waals surface area (Å²) in [4.78, 5) is 22.8. The minimum Gasteiger partial charge on any atom is -0.296 e. The summed E-state index contributed by atoms with van der Waals surface area (Å²) in [5.74, 6) is 0.760. The van der Waals surface area contributed by atoms with Gasteiger partial charge in [-0.2, -0.15) is 0 Å². The summed E-state index contributed by atoms with van der Waals surface area (Å²) >= 11 is 0. The number of carbonyl (C=O) groups excluding carboxylic acids is 1. The molecule has 1 fully saturated rings. The molecular weight excluding hydrogens is 298 g/mol. The van der Waals surface area contributed by atoms with Gasteiger partial charge in [-0.25, -0.2) is 9.97 Å². The van der Waals surface area contributed by atoms with E-state index in [0.717, 1.165) is 28.8 Å². The first-order valence-corrected chi connectivity index (χ1v) is 8.04. The maximum atomic E-state index is 12.3. The first kappa shape index (κ1) is 14.6. The molecule has 1 saturated heterocycles. The van der Waals surface area contributed by atoms with Crippen molar-refractivity contribution in [3.63, 3.8) is 0 Å². The topological polar surface area (TPSA) is 46.1 Å². The van der Waals surface area contributed by atoms with Crippen LogP contribution in [-0.2, 0) is 4.79 Å². The maximum absolute atomic E-state index is 12.3. The average molecular weight is 314 g/mol. The highest BCUT2D eigenvalue weighted by Gasteiger charge is 2.27. The van der Waals surface area contributed by atoms with E-state index in [1.54, 1.807) is 4.90 Å². The molecule has 2 aromatic carbocycles. The van der Waals surface area contributed by atoms with Gasteiger partial charge in [0.05, 0.1) is 11.3 Å². The van der Waals surface area contributed by atoms with Crippen molar-refractivity contribution >= 4 is 11.7 Å². The first-order valence-electron chi connectivity index (χ1n) is 8.04. The maximum Gasteiger partial charge on any atom is 0.228 e. The minimum atomic E-state index is 0.110. The third-order valence-corrected chi connectivity index (χ3v) is 4.22. The Morgan fingerprint density at radius 1 is 0.875 bits per heavy atom. The van der Waals surface area contributed by atoms with E-state index in [2.05, 4.69) is 16.3 Å². The quantitative estimate of drug-likeness (QED) is 0.740. The first-order chi connectivity index (χ1) is 11.8. The van der Waals surface area contributed by atoms with Crippen molar-refractivity contribution in [2.75, 3.05) is 11.4 Å². The molecule has 4 nitrogen and oxygen atoms in total. The molecule has 0 atom stereocenters. The van der Waals surface area contributed by atoms with Crippen molar-refractivity contribution < 1.29 is 4.79 Å². The third kappa shape index (κ3) is 2.56. The number of aromatic nitrogens is 2. The van der Waals surface area contributed by atoms with Crippen LogP contribution in [0.25, 0.3) is 22.4 Å². The molecule has 1 amide bonds. The van der Waals surface area contributed by atoms with Crippen LogP contribution in [0.3, 0.4) is 0 Å². The second-order valence-electron chi connectivity index (χ2n) is 5.75. The van der Waals surface area contributed by atoms with E-state index in [1.807, 2.05) is 60.7 Å². The van der Waals surface area contributed by atoms with E-state index in [1.165, 1.54) is 0 Å². The molecule has 2 heterocycles. The van der Waals surface area contributed by atoms with Crippen LogP contribution in [0.15, 0.2) is 60.7 Å². The standard InChI is InChI=1S/C20H16N3O/c24-17-12-7-13-23(17)20-18(15-8-3-1-4-9-15)19(21-14-22-20)16-10-5-2-6-11-16/h1-6,8-11H,7,12-13H2. The highest BCUT2D eigenvalue weighted by atomic mass is 16.2. The fraction of sp³-hybridized carbons (Fsp3) is 0.150. The Kier molecular flexibility index (Phi) is 3.79. The van der Waals surface area contributed by atoms with Gasteiger partial charge in [-0.1, -0.05) is 60.7 Å². The minimum absolute atomic E-state index is 0.110. The Morgan fingerprint density at radius 3 is 2.17 bits per heavy atom. The van der Waals surface area contributed by atoms with Crippen molar-refractivity contribution in [3.05, 3.63) is 67.0 Å². The summed E-state index contributed by atoms with van der Waals surface area (Å²) in [6.45, 7) is 0.692. The van der Waals surface area contributed by atoms with Crippen LogP contribution < -0.4 is 4.90 Å². The number of rotatable bonds is 3. The van der Waals surface area contributed by atoms with Crippen LogP contribution >= 0.6 is 0 Å². The third-order valence-electron chi connectivity index (χ3n) is 4.22. The Morgan fingerprint density at radius 2 is 1.54 bits per heavy atom. The van der Waals surface area contributed by atoms with Gasteiger partial charge >= 0.3 is 0 Å². The van der Waals surface area contributed by atoms with Gasteiger partial charge in [0.15, 0.2) is 6.33 Å². The fourth-order valence-electron chi connectivity index (χ4n) is 3.08. The summed E-state index contributed by atoms with van der Waals surface area (Å²) in [5, 5.41) is 0. The summed E-state index contributed by atoms with van der Waals surface area (Å²) < 4.78 is 0. The molecule has 1 aliphatic heterocycles. The number of amides is 1. The number of hydrogen-bond acceptors (Lipinski definition) is 3. The molecule has 1 aliphatic rings. The molecule has 0 bridgehead atoms. The number of benzene rings is 2. The second-order valence-corrected chi connectivity index (χ2v) is 5.75. The van der Waals surface area contributed by atoms with Gasteiger partial charge in [0.2, 0.25) is 5.91 Å². The summed E-state index contributed by atoms with van der Waals surface area (Å²) in [7, 11) is 0. The normalized spacial score (nSPS) is 14.2. The Hall–Kier alpha value is -3.01. The SMILES string of the molecule is O=C1CCCN1c1n[c]nc(-c2ccccc2)c1-c1ccccc1. The predicted octanol–water partition coefficient (Wildman–Crippen LogP) is 3.74. The van der Waals surface area contributed by atoms with E-state index in [-0.39, 0.29) is 5.91 Å². The van der Waals surface area contributed by atoms with E-state index in [4.69, 9.17) is 0 Å². The molecule has 0 N–H and O–H groups in total. The van der Waals surface area contributed by atoms with E-state index in [0.29, 0.717) is 18.8 Å². The lowest BCUT2D eigenvalue weighted by molar-refractivity contribution is -0.117. The van der Waals surface area contributed by atoms with E-state index >= 15 is 0 Å². The molecule has 0 aliphatic carbocycles. The zero-order valence-electron chi connectivity index (χ0n) is 13.1. The van der Waals surface area contributed by atoms with Crippen LogP contribution in [0, 0.1) is 6.33 Å². The molecule has 4 rings (SSSR count). The monoisotopic (exact) mass is 314 g/mol. The lowest BCUT2D eigenvalue weighted by atomic mass is 9.99. The van der Waals surface area contributed by atoms with Gasteiger partial charge in [0, 0.05) is 18.5 Å². The summed E-state index contributed by atoms with van der Waals surface area (Å²) in [5.41, 5.74) is 3.67. The number of hydrogen-bond donors (Lipinski definition) is 0. The molecule has 0 spiro atoms. The lowest BCUT2D eigenvalue weighted by Crippen LogP contribution is -2.25. The highest BCUT2D eigenvalue weighted by molar-refractivity contribution is 6.00. The van der Waals surface area contributed by atoms with Crippen LogP contribution in [-0.4, -0.2) is 22.4 Å². The average Bonchev–Trinajstić information content (AvgIpc) is 3.08. The Balaban J connectivity index is 1.96. The van der Waals surface area contributed by atoms with E-state index in [9.17, 15) is 4.79 Å². The molecule has 1 radical (unpaired) electrons. The van der Waals surface area contributed by atoms with Crippen LogP contribution in [0.1, 0.15) is 12.8 Å². The van der Waals surface area contributed by atoms with Crippen molar-refractivity contribution in [1.29, 1.82) is 0 Å². The van der Waals surface area contributed by atoms with Gasteiger partial charge in [-0.05, 0) is 12.0 Å². The van der Waals surface area contributed by atoms with Crippen LogP contribution in [0.5, 0.6) is 0 Å². The number of nitrogens with zero attached hydrogens (tertiary/aromatic N) is 3. The van der Waals surface area contributed by atoms with Gasteiger partial charge in [-0.3, -0.25) is 9.69 Å². The van der Waals surface area contributed by atoms with Crippen LogP contribution in [0.4, 0.5) is 5.82 Å². The molecule has 0 saturated carbocycles.